The van der Waals surface area contributed by atoms with Crippen molar-refractivity contribution < 1.29 is 43.3 Å². The zero-order valence-electron chi connectivity index (χ0n) is 28.2. The van der Waals surface area contributed by atoms with Gasteiger partial charge in [-0.15, -0.1) is 10.1 Å². The molecule has 2 aromatic rings. The number of carbonyl (C=O) groups excluding carboxylic acids is 3. The van der Waals surface area contributed by atoms with Crippen LogP contribution in [-0.4, -0.2) is 56.4 Å². The van der Waals surface area contributed by atoms with Crippen LogP contribution in [-0.2, 0) is 19.2 Å². The molecule has 268 valence electrons. The molecular weight excluding hydrogens is 656 g/mol. The maximum absolute atomic E-state index is 12.1. The van der Waals surface area contributed by atoms with Crippen LogP contribution in [0.4, 0.5) is 0 Å². The van der Waals surface area contributed by atoms with Crippen molar-refractivity contribution in [2.24, 2.45) is 5.92 Å². The highest BCUT2D eigenvalue weighted by atomic mass is 35.5. The van der Waals surface area contributed by atoms with Crippen molar-refractivity contribution in [1.82, 2.24) is 5.32 Å². The van der Waals surface area contributed by atoms with Crippen molar-refractivity contribution in [3.63, 3.8) is 0 Å². The summed E-state index contributed by atoms with van der Waals surface area (Å²) in [6.45, 7) is 2.32. The molecule has 0 aliphatic heterocycles. The lowest BCUT2D eigenvalue weighted by Crippen LogP contribution is -2.31. The molecule has 12 nitrogen and oxygen atoms in total. The monoisotopic (exact) mass is 702 g/mol. The van der Waals surface area contributed by atoms with Crippen LogP contribution in [0.15, 0.2) is 66.8 Å². The lowest BCUT2D eigenvalue weighted by Gasteiger charge is -2.11. The highest BCUT2D eigenvalue weighted by Crippen LogP contribution is 2.29. The predicted molar refractivity (Wildman–Crippen MR) is 185 cm³/mol. The van der Waals surface area contributed by atoms with E-state index in [4.69, 9.17) is 30.5 Å². The van der Waals surface area contributed by atoms with Crippen LogP contribution in [0.5, 0.6) is 17.2 Å². The minimum Gasteiger partial charge on any atom is -0.493 e. The topological polar surface area (TPSA) is 153 Å². The molecule has 0 radical (unpaired) electrons. The number of esters is 2. The van der Waals surface area contributed by atoms with Gasteiger partial charge in [0.15, 0.2) is 11.5 Å². The summed E-state index contributed by atoms with van der Waals surface area (Å²) >= 11 is 5.88. The molecule has 13 heteroatoms. The zero-order chi connectivity index (χ0) is 35.7. The summed E-state index contributed by atoms with van der Waals surface area (Å²) in [5, 5.41) is 12.4. The number of ether oxygens (including phenoxy) is 4. The number of halogens is 1. The fraction of sp³-hybridized carbons (Fsp3) is 0.472. The molecule has 49 heavy (non-hydrogen) atoms. The first-order valence-corrected chi connectivity index (χ1v) is 16.9. The second-order valence-corrected chi connectivity index (χ2v) is 11.5. The second-order valence-electron chi connectivity index (χ2n) is 11.0. The van der Waals surface area contributed by atoms with Gasteiger partial charge >= 0.3 is 11.9 Å². The summed E-state index contributed by atoms with van der Waals surface area (Å²) in [5.74, 6) is 0.353. The third kappa shape index (κ3) is 18.5. The standard InChI is InChI=1S/C21H28N2O9.C15H19ClO/c1-3-4-5-6-9-19(24)22-15-20(25)32-17-11-10-16(14-18(17)29-2)21(26)30-12-7-8-13-31-23(27)28;16-14-9-5-10-15(12-14)17-11-4-3-8-13-6-1-2-7-13/h3-4,10-11,14H,5-9,12-13,15H2,1-2H3,(H,22,24);3,5,8-10,12-13H,1-2,4,6-7,11H2/b4-3-;8-3+. The Hall–Kier alpha value is -4.58. The van der Waals surface area contributed by atoms with Gasteiger partial charge in [0.1, 0.15) is 12.3 Å². The number of nitrogens with one attached hydrogen (secondary N) is 1. The Morgan fingerprint density at radius 2 is 1.76 bits per heavy atom. The van der Waals surface area contributed by atoms with Crippen LogP contribution >= 0.6 is 11.6 Å². The van der Waals surface area contributed by atoms with E-state index in [0.717, 1.165) is 36.1 Å². The van der Waals surface area contributed by atoms with E-state index in [1.165, 1.54) is 51.0 Å². The minimum atomic E-state index is -0.882. The van der Waals surface area contributed by atoms with Crippen LogP contribution in [0.1, 0.15) is 81.5 Å². The molecule has 0 bridgehead atoms. The maximum atomic E-state index is 12.1. The van der Waals surface area contributed by atoms with Gasteiger partial charge in [0.05, 0.1) is 32.5 Å². The molecule has 0 heterocycles. The van der Waals surface area contributed by atoms with Crippen molar-refractivity contribution in [2.75, 3.05) is 33.5 Å². The summed E-state index contributed by atoms with van der Waals surface area (Å²) in [7, 11) is 1.35. The second kappa shape index (κ2) is 24.5. The minimum absolute atomic E-state index is 0.0629. The number of allylic oxidation sites excluding steroid dienone is 3. The van der Waals surface area contributed by atoms with Gasteiger partial charge in [0.25, 0.3) is 5.09 Å². The predicted octanol–water partition coefficient (Wildman–Crippen LogP) is 7.46. The van der Waals surface area contributed by atoms with E-state index in [1.54, 1.807) is 0 Å². The van der Waals surface area contributed by atoms with Gasteiger partial charge in [-0.3, -0.25) is 4.79 Å². The number of methoxy groups -OCH3 is 1. The van der Waals surface area contributed by atoms with Crippen molar-refractivity contribution in [1.29, 1.82) is 0 Å². The summed E-state index contributed by atoms with van der Waals surface area (Å²) in [5.41, 5.74) is 0.178. The van der Waals surface area contributed by atoms with Gasteiger partial charge in [-0.2, -0.15) is 0 Å². The van der Waals surface area contributed by atoms with Gasteiger partial charge in [-0.25, -0.2) is 9.59 Å². The van der Waals surface area contributed by atoms with Crippen LogP contribution in [0, 0.1) is 16.0 Å². The van der Waals surface area contributed by atoms with Crippen LogP contribution in [0.3, 0.4) is 0 Å². The number of rotatable bonds is 20. The number of nitrogens with zero attached hydrogens (tertiary/aromatic N) is 1. The number of hydrogen-bond donors (Lipinski definition) is 1. The average molecular weight is 703 g/mol. The van der Waals surface area contributed by atoms with Crippen LogP contribution in [0.2, 0.25) is 5.02 Å². The van der Waals surface area contributed by atoms with Crippen molar-refractivity contribution in [3.8, 4) is 17.2 Å². The Bertz CT molecular complexity index is 1380. The molecule has 2 aromatic carbocycles. The molecule has 0 unspecified atom stereocenters. The largest absolute Gasteiger partial charge is 0.493 e. The highest BCUT2D eigenvalue weighted by Gasteiger charge is 2.16. The lowest BCUT2D eigenvalue weighted by atomic mass is 10.1. The van der Waals surface area contributed by atoms with E-state index in [1.807, 2.05) is 43.3 Å². The molecular formula is C36H47ClN2O10. The molecule has 0 spiro atoms. The number of unbranched alkanes of at least 4 members (excludes halogenated alkanes) is 2. The number of carbonyl (C=O) groups is 3. The normalized spacial score (nSPS) is 12.6. The van der Waals surface area contributed by atoms with Gasteiger partial charge in [-0.05, 0) is 94.2 Å². The van der Waals surface area contributed by atoms with E-state index < -0.39 is 17.0 Å². The summed E-state index contributed by atoms with van der Waals surface area (Å²) < 4.78 is 21.1. The summed E-state index contributed by atoms with van der Waals surface area (Å²) in [4.78, 5) is 50.0. The first-order valence-electron chi connectivity index (χ1n) is 16.5. The van der Waals surface area contributed by atoms with Crippen LogP contribution in [0.25, 0.3) is 0 Å². The Morgan fingerprint density at radius 3 is 2.47 bits per heavy atom. The molecule has 1 fully saturated rings. The molecule has 1 N–H and O–H groups in total. The van der Waals surface area contributed by atoms with Crippen molar-refractivity contribution in [2.45, 2.75) is 71.1 Å². The van der Waals surface area contributed by atoms with Crippen LogP contribution < -0.4 is 19.5 Å². The Balaban J connectivity index is 0.000000407. The Kier molecular flexibility index (Phi) is 20.3. The van der Waals surface area contributed by atoms with E-state index >= 15 is 0 Å². The Morgan fingerprint density at radius 1 is 0.980 bits per heavy atom. The SMILES string of the molecule is C/C=C\CCCC(=O)NCC(=O)Oc1ccc(C(=O)OCCCCO[N+](=O)[O-])cc1OC.Clc1cccc(OCC/C=C/C2CCCC2)c1. The average Bonchev–Trinajstić information content (AvgIpc) is 3.61. The molecule has 3 rings (SSSR count). The van der Waals surface area contributed by atoms with Gasteiger partial charge in [0, 0.05) is 11.4 Å². The molecule has 0 saturated heterocycles. The number of benzene rings is 2. The zero-order valence-corrected chi connectivity index (χ0v) is 29.0. The van der Waals surface area contributed by atoms with Gasteiger partial charge in [-0.1, -0.05) is 54.8 Å². The highest BCUT2D eigenvalue weighted by molar-refractivity contribution is 6.30. The first-order chi connectivity index (χ1) is 23.7. The first kappa shape index (κ1) is 40.6. The molecule has 0 atom stereocenters. The quantitative estimate of drug-likeness (QED) is 0.0367. The smallest absolute Gasteiger partial charge is 0.338 e. The Labute approximate surface area is 292 Å². The third-order valence-corrected chi connectivity index (χ3v) is 7.42. The lowest BCUT2D eigenvalue weighted by molar-refractivity contribution is -0.757. The summed E-state index contributed by atoms with van der Waals surface area (Å²) in [6.07, 6.45) is 17.5. The van der Waals surface area contributed by atoms with E-state index in [0.29, 0.717) is 25.7 Å². The van der Waals surface area contributed by atoms with E-state index in [2.05, 4.69) is 22.3 Å². The van der Waals surface area contributed by atoms with E-state index in [9.17, 15) is 24.5 Å². The molecule has 1 saturated carbocycles. The van der Waals surface area contributed by atoms with Crippen molar-refractivity contribution in [3.05, 3.63) is 87.5 Å². The maximum Gasteiger partial charge on any atom is 0.338 e. The molecule has 1 amide bonds. The molecule has 0 aromatic heterocycles. The molecule has 1 aliphatic rings. The fourth-order valence-corrected chi connectivity index (χ4v) is 4.86. The molecule has 1 aliphatic carbocycles. The number of amides is 1. The van der Waals surface area contributed by atoms with Crippen molar-refractivity contribution >= 4 is 29.4 Å². The number of hydrogen-bond acceptors (Lipinski definition) is 10. The van der Waals surface area contributed by atoms with E-state index in [-0.39, 0.29) is 42.7 Å². The van der Waals surface area contributed by atoms with Gasteiger partial charge < -0.3 is 29.1 Å². The van der Waals surface area contributed by atoms with Gasteiger partial charge in [0.2, 0.25) is 5.91 Å². The fourth-order valence-electron chi connectivity index (χ4n) is 4.68. The summed E-state index contributed by atoms with van der Waals surface area (Å²) in [6, 6.07) is 11.7. The third-order valence-electron chi connectivity index (χ3n) is 7.19.